The molecule has 0 radical (unpaired) electrons. The van der Waals surface area contributed by atoms with Gasteiger partial charge in [-0.15, -0.1) is 14.3 Å². The summed E-state index contributed by atoms with van der Waals surface area (Å²) in [7, 11) is 5.66. The quantitative estimate of drug-likeness (QED) is 0.553. The van der Waals surface area contributed by atoms with Gasteiger partial charge in [0.05, 0.1) is 26.3 Å². The molecule has 2 unspecified atom stereocenters. The smallest absolute Gasteiger partial charge is 0.343 e. The summed E-state index contributed by atoms with van der Waals surface area (Å²) in [5.74, 6) is -0.187. The minimum atomic E-state index is -0.187. The van der Waals surface area contributed by atoms with Crippen molar-refractivity contribution in [3.05, 3.63) is 10.7 Å². The van der Waals surface area contributed by atoms with Crippen molar-refractivity contribution in [1.82, 2.24) is 5.06 Å². The van der Waals surface area contributed by atoms with Crippen LogP contribution in [0.4, 0.5) is 0 Å². The first kappa shape index (κ1) is 11.7. The fourth-order valence-electron chi connectivity index (χ4n) is 1.24. The predicted molar refractivity (Wildman–Crippen MR) is 65.2 cm³/mol. The fraction of sp³-hybridized carbons (Fsp3) is 0.625. The van der Waals surface area contributed by atoms with Gasteiger partial charge in [-0.2, -0.15) is 0 Å². The van der Waals surface area contributed by atoms with Gasteiger partial charge < -0.3 is 9.57 Å². The minimum Gasteiger partial charge on any atom is -0.379 e. The summed E-state index contributed by atoms with van der Waals surface area (Å²) in [6.07, 6.45) is 0. The van der Waals surface area contributed by atoms with Gasteiger partial charge in [-0.25, -0.2) is 4.79 Å². The molecule has 1 saturated heterocycles. The molecule has 84 valence electrons. The summed E-state index contributed by atoms with van der Waals surface area (Å²) in [4.78, 5) is 17.0. The molecule has 0 amide bonds. The number of hydroxylamine groups is 2. The van der Waals surface area contributed by atoms with E-state index in [1.54, 1.807) is 15.9 Å². The second kappa shape index (κ2) is 5.55. The van der Waals surface area contributed by atoms with E-state index >= 15 is 0 Å². The van der Waals surface area contributed by atoms with Gasteiger partial charge in [0, 0.05) is 0 Å². The summed E-state index contributed by atoms with van der Waals surface area (Å²) in [6.45, 7) is 2.57. The molecule has 0 spiro atoms. The molecule has 0 N–H and O–H groups in total. The van der Waals surface area contributed by atoms with Crippen LogP contribution in [0.15, 0.2) is 10.7 Å². The summed E-state index contributed by atoms with van der Waals surface area (Å²) in [5, 5.41) is 4.44. The Morgan fingerprint density at radius 3 is 2.93 bits per heavy atom. The molecule has 2 heterocycles. The van der Waals surface area contributed by atoms with Gasteiger partial charge in [0.1, 0.15) is 5.25 Å². The highest BCUT2D eigenvalue weighted by Gasteiger charge is 2.29. The molecular formula is C8H12NO3PS2. The highest BCUT2D eigenvalue weighted by molar-refractivity contribution is 8.78. The van der Waals surface area contributed by atoms with Crippen LogP contribution in [0.5, 0.6) is 0 Å². The van der Waals surface area contributed by atoms with Crippen LogP contribution in [0.3, 0.4) is 0 Å². The van der Waals surface area contributed by atoms with Crippen LogP contribution in [0.25, 0.3) is 0 Å². The van der Waals surface area contributed by atoms with Crippen molar-refractivity contribution < 1.29 is 14.4 Å². The van der Waals surface area contributed by atoms with Gasteiger partial charge in [0.15, 0.2) is 0 Å². The SMILES string of the molecule is O=C(ON1CCOCC1)C1SSC=C1P. The molecule has 15 heavy (non-hydrogen) atoms. The lowest BCUT2D eigenvalue weighted by molar-refractivity contribution is -0.203. The van der Waals surface area contributed by atoms with Crippen molar-refractivity contribution in [2.45, 2.75) is 5.25 Å². The molecule has 0 aromatic rings. The number of hydrogen-bond acceptors (Lipinski definition) is 6. The van der Waals surface area contributed by atoms with E-state index in [-0.39, 0.29) is 11.2 Å². The maximum absolute atomic E-state index is 11.7. The Balaban J connectivity index is 1.83. The van der Waals surface area contributed by atoms with E-state index in [1.165, 1.54) is 10.8 Å². The Bertz CT molecular complexity index is 281. The van der Waals surface area contributed by atoms with Crippen molar-refractivity contribution in [1.29, 1.82) is 0 Å². The normalized spacial score (nSPS) is 27.5. The second-order valence-electron chi connectivity index (χ2n) is 3.14. The molecule has 2 aliphatic rings. The number of morpholine rings is 1. The standard InChI is InChI=1S/C8H12NO3PS2/c10-8(7-6(13)5-14-15-7)12-9-1-3-11-4-2-9/h5,7H,1-4,13H2. The van der Waals surface area contributed by atoms with Crippen LogP contribution in [-0.2, 0) is 14.4 Å². The summed E-state index contributed by atoms with van der Waals surface area (Å²) >= 11 is 0. The van der Waals surface area contributed by atoms with Gasteiger partial charge in [-0.3, -0.25) is 0 Å². The average Bonchev–Trinajstić information content (AvgIpc) is 2.66. The van der Waals surface area contributed by atoms with Gasteiger partial charge in [0.25, 0.3) is 0 Å². The van der Waals surface area contributed by atoms with E-state index in [0.29, 0.717) is 26.3 Å². The van der Waals surface area contributed by atoms with E-state index in [2.05, 4.69) is 9.24 Å². The third-order valence-corrected chi connectivity index (χ3v) is 5.36. The largest absolute Gasteiger partial charge is 0.379 e. The van der Waals surface area contributed by atoms with Crippen LogP contribution in [0.2, 0.25) is 0 Å². The Morgan fingerprint density at radius 2 is 2.33 bits per heavy atom. The van der Waals surface area contributed by atoms with Gasteiger partial charge in [-0.05, 0) is 10.7 Å². The molecule has 0 aromatic heterocycles. The molecule has 2 aliphatic heterocycles. The third-order valence-electron chi connectivity index (χ3n) is 2.04. The van der Waals surface area contributed by atoms with E-state index in [1.807, 2.05) is 5.41 Å². The number of nitrogens with zero attached hydrogens (tertiary/aromatic N) is 1. The molecule has 0 aromatic carbocycles. The Labute approximate surface area is 98.7 Å². The van der Waals surface area contributed by atoms with E-state index in [9.17, 15) is 4.79 Å². The zero-order valence-corrected chi connectivity index (χ0v) is 10.8. The predicted octanol–water partition coefficient (Wildman–Crippen LogP) is 1.26. The molecule has 0 saturated carbocycles. The summed E-state index contributed by atoms with van der Waals surface area (Å²) in [5.41, 5.74) is 0. The topological polar surface area (TPSA) is 38.8 Å². The van der Waals surface area contributed by atoms with Crippen molar-refractivity contribution in [3.63, 3.8) is 0 Å². The Kier molecular flexibility index (Phi) is 4.34. The monoisotopic (exact) mass is 265 g/mol. The minimum absolute atomic E-state index is 0.178. The molecule has 7 heteroatoms. The number of carbonyl (C=O) groups excluding carboxylic acids is 1. The lowest BCUT2D eigenvalue weighted by atomic mass is 10.4. The summed E-state index contributed by atoms with van der Waals surface area (Å²) < 4.78 is 5.17. The Morgan fingerprint density at radius 1 is 1.60 bits per heavy atom. The number of rotatable bonds is 2. The van der Waals surface area contributed by atoms with E-state index in [4.69, 9.17) is 9.57 Å². The highest BCUT2D eigenvalue weighted by Crippen LogP contribution is 2.43. The van der Waals surface area contributed by atoms with E-state index in [0.717, 1.165) is 5.31 Å². The second-order valence-corrected chi connectivity index (χ2v) is 6.06. The van der Waals surface area contributed by atoms with Crippen LogP contribution in [-0.4, -0.2) is 42.6 Å². The maximum Gasteiger partial charge on any atom is 0.343 e. The lowest BCUT2D eigenvalue weighted by Crippen LogP contribution is -2.39. The molecule has 0 bridgehead atoms. The zero-order chi connectivity index (χ0) is 10.7. The molecule has 1 fully saturated rings. The van der Waals surface area contributed by atoms with Crippen LogP contribution in [0.1, 0.15) is 0 Å². The van der Waals surface area contributed by atoms with Crippen LogP contribution < -0.4 is 0 Å². The molecular weight excluding hydrogens is 253 g/mol. The number of hydrogen-bond donors (Lipinski definition) is 0. The number of ether oxygens (including phenoxy) is 1. The zero-order valence-electron chi connectivity index (χ0n) is 8.05. The van der Waals surface area contributed by atoms with E-state index < -0.39 is 0 Å². The first-order valence-corrected chi connectivity index (χ1v) is 7.45. The van der Waals surface area contributed by atoms with Crippen molar-refractivity contribution in [3.8, 4) is 0 Å². The lowest BCUT2D eigenvalue weighted by Gasteiger charge is -2.26. The Hall–Kier alpha value is 0.260. The first-order valence-electron chi connectivity index (χ1n) is 4.59. The number of carbonyl (C=O) groups is 1. The van der Waals surface area contributed by atoms with Crippen LogP contribution in [0, 0.1) is 0 Å². The molecule has 2 atom stereocenters. The maximum atomic E-state index is 11.7. The molecule has 0 aliphatic carbocycles. The van der Waals surface area contributed by atoms with Crippen molar-refractivity contribution >= 4 is 36.8 Å². The third kappa shape index (κ3) is 3.11. The van der Waals surface area contributed by atoms with Crippen LogP contribution >= 0.6 is 30.8 Å². The van der Waals surface area contributed by atoms with Crippen molar-refractivity contribution in [2.75, 3.05) is 26.3 Å². The van der Waals surface area contributed by atoms with Gasteiger partial charge in [-0.1, -0.05) is 21.6 Å². The first-order chi connectivity index (χ1) is 7.27. The van der Waals surface area contributed by atoms with Crippen molar-refractivity contribution in [2.24, 2.45) is 0 Å². The van der Waals surface area contributed by atoms with Gasteiger partial charge in [0.2, 0.25) is 0 Å². The summed E-state index contributed by atoms with van der Waals surface area (Å²) in [6, 6.07) is 0. The average molecular weight is 265 g/mol. The highest BCUT2D eigenvalue weighted by atomic mass is 33.1. The molecule has 2 rings (SSSR count). The van der Waals surface area contributed by atoms with Gasteiger partial charge >= 0.3 is 5.97 Å². The molecule has 4 nitrogen and oxygen atoms in total. The fourth-order valence-corrected chi connectivity index (χ4v) is 4.58.